The Morgan fingerprint density at radius 3 is 2.54 bits per heavy atom. The Morgan fingerprint density at radius 1 is 1.38 bits per heavy atom. The van der Waals surface area contributed by atoms with Crippen molar-refractivity contribution in [2.45, 2.75) is 6.04 Å². The van der Waals surface area contributed by atoms with E-state index < -0.39 is 17.7 Å². The summed E-state index contributed by atoms with van der Waals surface area (Å²) < 4.78 is 26.5. The maximum atomic E-state index is 13.3. The topological polar surface area (TPSA) is 52.0 Å². The second kappa shape index (κ2) is 4.13. The van der Waals surface area contributed by atoms with Gasteiger partial charge in [0.25, 0.3) is 0 Å². The van der Waals surface area contributed by atoms with Crippen molar-refractivity contribution in [3.8, 4) is 0 Å². The summed E-state index contributed by atoms with van der Waals surface area (Å²) in [6.07, 6.45) is 0. The molecule has 0 saturated carbocycles. The summed E-state index contributed by atoms with van der Waals surface area (Å²) in [7, 11) is 0. The Morgan fingerprint density at radius 2 is 2.00 bits per heavy atom. The molecule has 0 heterocycles. The van der Waals surface area contributed by atoms with Gasteiger partial charge in [0, 0.05) is 18.2 Å². The highest BCUT2D eigenvalue weighted by molar-refractivity contribution is 9.10. The van der Waals surface area contributed by atoms with Gasteiger partial charge in [-0.1, -0.05) is 0 Å². The molecule has 2 nitrogen and oxygen atoms in total. The fourth-order valence-electron chi connectivity index (χ4n) is 1.00. The zero-order valence-corrected chi connectivity index (χ0v) is 8.31. The van der Waals surface area contributed by atoms with Gasteiger partial charge in [-0.15, -0.1) is 0 Å². The summed E-state index contributed by atoms with van der Waals surface area (Å²) in [4.78, 5) is 0. The zero-order chi connectivity index (χ0) is 10.0. The average molecular weight is 251 g/mol. The van der Waals surface area contributed by atoms with Gasteiger partial charge in [-0.2, -0.15) is 0 Å². The molecule has 0 fully saturated rings. The van der Waals surface area contributed by atoms with Crippen molar-refractivity contribution in [3.63, 3.8) is 0 Å². The van der Waals surface area contributed by atoms with Crippen LogP contribution in [0.2, 0.25) is 0 Å². The van der Waals surface area contributed by atoms with Crippen molar-refractivity contribution in [2.75, 3.05) is 6.54 Å². The molecule has 0 saturated heterocycles. The Hall–Kier alpha value is -0.520. The van der Waals surface area contributed by atoms with Gasteiger partial charge in [-0.3, -0.25) is 0 Å². The summed E-state index contributed by atoms with van der Waals surface area (Å²) >= 11 is 2.94. The lowest BCUT2D eigenvalue weighted by Gasteiger charge is -2.11. The number of rotatable bonds is 2. The van der Waals surface area contributed by atoms with E-state index in [4.69, 9.17) is 11.5 Å². The summed E-state index contributed by atoms with van der Waals surface area (Å²) in [5, 5.41) is 0. The highest BCUT2D eigenvalue weighted by atomic mass is 79.9. The van der Waals surface area contributed by atoms with Crippen LogP contribution in [-0.2, 0) is 0 Å². The summed E-state index contributed by atoms with van der Waals surface area (Å²) in [6.45, 7) is 0.00426. The summed E-state index contributed by atoms with van der Waals surface area (Å²) in [6, 6.07) is 1.63. The molecule has 0 amide bonds. The molecule has 1 aromatic rings. The van der Waals surface area contributed by atoms with Gasteiger partial charge in [0.15, 0.2) is 0 Å². The lowest BCUT2D eigenvalue weighted by molar-refractivity contribution is 0.524. The molecule has 1 atom stereocenters. The minimum absolute atomic E-state index is 0.00426. The van der Waals surface area contributed by atoms with Crippen LogP contribution in [-0.4, -0.2) is 6.54 Å². The fraction of sp³-hybridized carbons (Fsp3) is 0.250. The predicted octanol–water partition coefficient (Wildman–Crippen LogP) is 1.69. The third kappa shape index (κ3) is 2.04. The molecule has 0 spiro atoms. The molecule has 1 aromatic carbocycles. The maximum absolute atomic E-state index is 13.3. The predicted molar refractivity (Wildman–Crippen MR) is 50.0 cm³/mol. The molecular formula is C8H9BrF2N2. The SMILES string of the molecule is NC[C@@H](N)c1c(F)ccc(Br)c1F. The Bertz CT molecular complexity index is 317. The molecule has 0 bridgehead atoms. The minimum atomic E-state index is -0.808. The van der Waals surface area contributed by atoms with Gasteiger partial charge in [0.2, 0.25) is 0 Å². The molecule has 72 valence electrons. The van der Waals surface area contributed by atoms with E-state index in [9.17, 15) is 8.78 Å². The van der Waals surface area contributed by atoms with Gasteiger partial charge >= 0.3 is 0 Å². The second-order valence-corrected chi connectivity index (χ2v) is 3.45. The summed E-state index contributed by atoms with van der Waals surface area (Å²) in [5.41, 5.74) is 10.5. The van der Waals surface area contributed by atoms with Crippen LogP contribution in [0, 0.1) is 11.6 Å². The molecule has 13 heavy (non-hydrogen) atoms. The molecule has 0 unspecified atom stereocenters. The first-order chi connectivity index (χ1) is 6.07. The number of halogens is 3. The van der Waals surface area contributed by atoms with E-state index in [-0.39, 0.29) is 16.6 Å². The van der Waals surface area contributed by atoms with Crippen LogP contribution in [0.1, 0.15) is 11.6 Å². The summed E-state index contributed by atoms with van der Waals surface area (Å²) in [5.74, 6) is -1.35. The molecule has 0 aliphatic rings. The molecule has 5 heteroatoms. The molecule has 1 rings (SSSR count). The Balaban J connectivity index is 3.25. The molecule has 0 aliphatic carbocycles. The fourth-order valence-corrected chi connectivity index (χ4v) is 1.35. The third-order valence-corrected chi connectivity index (χ3v) is 2.32. The first kappa shape index (κ1) is 10.6. The lowest BCUT2D eigenvalue weighted by Crippen LogP contribution is -2.23. The van der Waals surface area contributed by atoms with Crippen LogP contribution in [0.25, 0.3) is 0 Å². The molecule has 4 N–H and O–H groups in total. The van der Waals surface area contributed by atoms with Crippen LogP contribution >= 0.6 is 15.9 Å². The standard InChI is InChI=1S/C8H9BrF2N2/c9-4-1-2-5(10)7(8(4)11)6(13)3-12/h1-2,6H,3,12-13H2/t6-/m1/s1. The molecule has 0 aromatic heterocycles. The van der Waals surface area contributed by atoms with Crippen molar-refractivity contribution in [3.05, 3.63) is 33.8 Å². The molecular weight excluding hydrogens is 242 g/mol. The smallest absolute Gasteiger partial charge is 0.145 e. The van der Waals surface area contributed by atoms with E-state index in [1.165, 1.54) is 6.07 Å². The monoisotopic (exact) mass is 250 g/mol. The van der Waals surface area contributed by atoms with Crippen molar-refractivity contribution < 1.29 is 8.78 Å². The van der Waals surface area contributed by atoms with Crippen LogP contribution in [0.5, 0.6) is 0 Å². The highest BCUT2D eigenvalue weighted by Gasteiger charge is 2.17. The minimum Gasteiger partial charge on any atom is -0.329 e. The largest absolute Gasteiger partial charge is 0.329 e. The first-order valence-electron chi connectivity index (χ1n) is 3.67. The number of benzene rings is 1. The average Bonchev–Trinajstić information content (AvgIpc) is 2.12. The highest BCUT2D eigenvalue weighted by Crippen LogP contribution is 2.24. The normalized spacial score (nSPS) is 13.0. The van der Waals surface area contributed by atoms with E-state index in [0.29, 0.717) is 0 Å². The molecule has 0 radical (unpaired) electrons. The zero-order valence-electron chi connectivity index (χ0n) is 6.73. The Kier molecular flexibility index (Phi) is 3.35. The van der Waals surface area contributed by atoms with E-state index in [1.54, 1.807) is 0 Å². The first-order valence-corrected chi connectivity index (χ1v) is 4.46. The number of nitrogens with two attached hydrogens (primary N) is 2. The van der Waals surface area contributed by atoms with Gasteiger partial charge in [-0.05, 0) is 28.1 Å². The Labute approximate surface area is 83.0 Å². The van der Waals surface area contributed by atoms with Crippen molar-refractivity contribution in [1.29, 1.82) is 0 Å². The van der Waals surface area contributed by atoms with Crippen molar-refractivity contribution in [1.82, 2.24) is 0 Å². The van der Waals surface area contributed by atoms with E-state index in [0.717, 1.165) is 6.07 Å². The van der Waals surface area contributed by atoms with Crippen LogP contribution in [0.15, 0.2) is 16.6 Å². The van der Waals surface area contributed by atoms with Crippen LogP contribution in [0.3, 0.4) is 0 Å². The van der Waals surface area contributed by atoms with Crippen LogP contribution in [0.4, 0.5) is 8.78 Å². The van der Waals surface area contributed by atoms with E-state index in [1.807, 2.05) is 0 Å². The van der Waals surface area contributed by atoms with Crippen molar-refractivity contribution >= 4 is 15.9 Å². The number of hydrogen-bond donors (Lipinski definition) is 2. The quantitative estimate of drug-likeness (QED) is 0.786. The third-order valence-electron chi connectivity index (χ3n) is 1.70. The van der Waals surface area contributed by atoms with Gasteiger partial charge in [0.1, 0.15) is 11.6 Å². The van der Waals surface area contributed by atoms with Crippen molar-refractivity contribution in [2.24, 2.45) is 11.5 Å². The lowest BCUT2D eigenvalue weighted by atomic mass is 10.1. The second-order valence-electron chi connectivity index (χ2n) is 2.60. The van der Waals surface area contributed by atoms with E-state index >= 15 is 0 Å². The van der Waals surface area contributed by atoms with Gasteiger partial charge in [0.05, 0.1) is 4.47 Å². The maximum Gasteiger partial charge on any atom is 0.145 e. The van der Waals surface area contributed by atoms with E-state index in [2.05, 4.69) is 15.9 Å². The molecule has 0 aliphatic heterocycles. The van der Waals surface area contributed by atoms with Gasteiger partial charge in [-0.25, -0.2) is 8.78 Å². The van der Waals surface area contributed by atoms with Gasteiger partial charge < -0.3 is 11.5 Å². The number of hydrogen-bond acceptors (Lipinski definition) is 2. The van der Waals surface area contributed by atoms with Crippen LogP contribution < -0.4 is 11.5 Å².